The quantitative estimate of drug-likeness (QED) is 0.128. The fourth-order valence-corrected chi connectivity index (χ4v) is 5.31. The second-order valence-electron chi connectivity index (χ2n) is 10.5. The maximum absolute atomic E-state index is 12.6. The summed E-state index contributed by atoms with van der Waals surface area (Å²) in [5.74, 6) is 0.686. The standard InChI is InChI=1S/C32H28N4O6/c1-22(37)21-32(2,27-19-25(35(38)39)13-15-28(27)33-23-9-5-3-6-10-23)18-17-31-34(24-11-7-4-8-12-24)29-16-14-26(36(40)41)20-30(29)42-31/h3-17,19-20,33H,18,21H2,1-2H3/p+1/b31-17-. The van der Waals surface area contributed by atoms with E-state index >= 15 is 0 Å². The summed E-state index contributed by atoms with van der Waals surface area (Å²) < 4.78 is 6.17. The average molecular weight is 566 g/mol. The number of carbonyl (C=O) groups excluding carboxylic acids is 1. The van der Waals surface area contributed by atoms with Crippen LogP contribution in [0.4, 0.5) is 34.1 Å². The number of nitro benzene ring substituents is 2. The molecule has 0 saturated heterocycles. The van der Waals surface area contributed by atoms with Gasteiger partial charge in [-0.2, -0.15) is 0 Å². The lowest BCUT2D eigenvalue weighted by molar-refractivity contribution is -0.479. The van der Waals surface area contributed by atoms with Crippen LogP contribution in [0.15, 0.2) is 109 Å². The molecule has 10 heteroatoms. The number of hydrogen-bond donors (Lipinski definition) is 1. The first-order valence-corrected chi connectivity index (χ1v) is 13.3. The van der Waals surface area contributed by atoms with E-state index in [1.807, 2.05) is 83.9 Å². The number of ether oxygens (including phenoxy) is 1. The molecular weight excluding hydrogens is 536 g/mol. The van der Waals surface area contributed by atoms with Crippen LogP contribution in [0.1, 0.15) is 32.3 Å². The number of carbonyl (C=O) groups is 1. The summed E-state index contributed by atoms with van der Waals surface area (Å²) in [6.45, 7) is 3.41. The second kappa shape index (κ2) is 11.6. The molecule has 0 radical (unpaired) electrons. The Labute approximate surface area is 242 Å². The van der Waals surface area contributed by atoms with Gasteiger partial charge in [-0.25, -0.2) is 0 Å². The Morgan fingerprint density at radius 1 is 0.905 bits per heavy atom. The van der Waals surface area contributed by atoms with Gasteiger partial charge in [-0.05, 0) is 49.8 Å². The molecule has 0 amide bonds. The Morgan fingerprint density at radius 2 is 1.52 bits per heavy atom. The molecule has 42 heavy (non-hydrogen) atoms. The van der Waals surface area contributed by atoms with Gasteiger partial charge >= 0.3 is 0 Å². The maximum atomic E-state index is 12.6. The molecule has 4 aromatic rings. The van der Waals surface area contributed by atoms with Crippen molar-refractivity contribution >= 4 is 39.9 Å². The number of Topliss-reactive ketones (excluding diaryl/α,β-unsaturated/α-hetero) is 1. The number of nitrogens with zero attached hydrogens (tertiary/aromatic N) is 3. The number of non-ortho nitro benzene ring substituents is 2. The number of nitro groups is 2. The van der Waals surface area contributed by atoms with Gasteiger partial charge in [0, 0.05) is 47.4 Å². The number of nitrogens with two attached hydrogens (primary N) is 1. The van der Waals surface area contributed by atoms with Gasteiger partial charge in [-0.15, -0.1) is 0 Å². The van der Waals surface area contributed by atoms with E-state index in [1.165, 1.54) is 25.1 Å². The summed E-state index contributed by atoms with van der Waals surface area (Å²) in [6.07, 6.45) is 2.25. The number of fused-ring (bicyclic) bond motifs is 1. The molecule has 0 bridgehead atoms. The zero-order valence-corrected chi connectivity index (χ0v) is 23.1. The van der Waals surface area contributed by atoms with Crippen molar-refractivity contribution in [1.82, 2.24) is 0 Å². The monoisotopic (exact) mass is 565 g/mol. The SMILES string of the molecule is CC(=O)CC(C)(C/C=C1\Oc2cc([N+](=O)[O-])ccc2N1c1ccccc1)c1cc([N+](=O)[O-])ccc1[NH2+]c1ccccc1. The van der Waals surface area contributed by atoms with Gasteiger partial charge in [0.05, 0.1) is 21.6 Å². The van der Waals surface area contributed by atoms with Crippen LogP contribution >= 0.6 is 0 Å². The zero-order valence-electron chi connectivity index (χ0n) is 23.1. The molecule has 0 saturated carbocycles. The van der Waals surface area contributed by atoms with Crippen molar-refractivity contribution in [3.05, 3.63) is 135 Å². The van der Waals surface area contributed by atoms with Gasteiger partial charge in [0.25, 0.3) is 11.4 Å². The lowest BCUT2D eigenvalue weighted by atomic mass is 9.74. The van der Waals surface area contributed by atoms with Crippen molar-refractivity contribution in [3.63, 3.8) is 0 Å². The molecule has 2 N–H and O–H groups in total. The Balaban J connectivity index is 1.59. The van der Waals surface area contributed by atoms with E-state index in [1.54, 1.807) is 18.2 Å². The Hall–Kier alpha value is -5.35. The first-order valence-electron chi connectivity index (χ1n) is 13.3. The predicted molar refractivity (Wildman–Crippen MR) is 158 cm³/mol. The summed E-state index contributed by atoms with van der Waals surface area (Å²) in [6, 6.07) is 28.2. The number of rotatable bonds is 10. The van der Waals surface area contributed by atoms with Crippen molar-refractivity contribution < 1.29 is 24.7 Å². The van der Waals surface area contributed by atoms with Crippen LogP contribution in [0.5, 0.6) is 5.75 Å². The summed E-state index contributed by atoms with van der Waals surface area (Å²) in [7, 11) is 0. The van der Waals surface area contributed by atoms with Crippen molar-refractivity contribution in [3.8, 4) is 5.75 Å². The van der Waals surface area contributed by atoms with Gasteiger partial charge in [0.15, 0.2) is 5.75 Å². The van der Waals surface area contributed by atoms with Crippen molar-refractivity contribution in [2.24, 2.45) is 0 Å². The Bertz CT molecular complexity index is 1690. The molecule has 0 aromatic heterocycles. The molecule has 5 rings (SSSR count). The molecule has 212 valence electrons. The van der Waals surface area contributed by atoms with E-state index in [0.29, 0.717) is 22.9 Å². The maximum Gasteiger partial charge on any atom is 0.273 e. The van der Waals surface area contributed by atoms with Crippen molar-refractivity contribution in [2.45, 2.75) is 32.1 Å². The van der Waals surface area contributed by atoms with Gasteiger partial charge < -0.3 is 4.74 Å². The molecule has 1 unspecified atom stereocenters. The zero-order chi connectivity index (χ0) is 29.9. The van der Waals surface area contributed by atoms with Crippen LogP contribution in [-0.4, -0.2) is 15.6 Å². The highest BCUT2D eigenvalue weighted by atomic mass is 16.6. The minimum Gasteiger partial charge on any atom is -0.438 e. The molecule has 4 aromatic carbocycles. The smallest absolute Gasteiger partial charge is 0.273 e. The van der Waals surface area contributed by atoms with Crippen LogP contribution in [-0.2, 0) is 10.2 Å². The van der Waals surface area contributed by atoms with E-state index < -0.39 is 15.3 Å². The summed E-state index contributed by atoms with van der Waals surface area (Å²) in [5, 5.41) is 25.2. The third kappa shape index (κ3) is 5.89. The van der Waals surface area contributed by atoms with Crippen LogP contribution in [0, 0.1) is 20.2 Å². The summed E-state index contributed by atoms with van der Waals surface area (Å²) in [4.78, 5) is 36.8. The first-order chi connectivity index (χ1) is 20.1. The van der Waals surface area contributed by atoms with Gasteiger partial charge in [-0.3, -0.25) is 35.2 Å². The highest BCUT2D eigenvalue weighted by Crippen LogP contribution is 2.46. The number of benzene rings is 4. The highest BCUT2D eigenvalue weighted by molar-refractivity contribution is 5.79. The second-order valence-corrected chi connectivity index (χ2v) is 10.5. The first kappa shape index (κ1) is 28.2. The molecule has 1 atom stereocenters. The molecule has 1 aliphatic rings. The number of hydrogen-bond acceptors (Lipinski definition) is 7. The predicted octanol–water partition coefficient (Wildman–Crippen LogP) is 6.73. The lowest BCUT2D eigenvalue weighted by Gasteiger charge is -2.29. The normalized spacial score (nSPS) is 14.6. The van der Waals surface area contributed by atoms with E-state index in [4.69, 9.17) is 4.74 Å². The molecule has 10 nitrogen and oxygen atoms in total. The summed E-state index contributed by atoms with van der Waals surface area (Å²) >= 11 is 0. The number of ketones is 1. The molecule has 0 spiro atoms. The van der Waals surface area contributed by atoms with E-state index in [0.717, 1.165) is 17.1 Å². The third-order valence-electron chi connectivity index (χ3n) is 7.23. The van der Waals surface area contributed by atoms with E-state index in [-0.39, 0.29) is 30.0 Å². The van der Waals surface area contributed by atoms with E-state index in [2.05, 4.69) is 0 Å². The van der Waals surface area contributed by atoms with Crippen LogP contribution in [0.2, 0.25) is 0 Å². The lowest BCUT2D eigenvalue weighted by Crippen LogP contribution is -2.71. The summed E-state index contributed by atoms with van der Waals surface area (Å²) in [5.41, 5.74) is 2.76. The fourth-order valence-electron chi connectivity index (χ4n) is 5.31. The molecule has 0 aliphatic carbocycles. The third-order valence-corrected chi connectivity index (χ3v) is 7.23. The van der Waals surface area contributed by atoms with Gasteiger partial charge in [-0.1, -0.05) is 43.3 Å². The molecule has 0 fully saturated rings. The Kier molecular flexibility index (Phi) is 7.81. The van der Waals surface area contributed by atoms with E-state index in [9.17, 15) is 25.0 Å². The van der Waals surface area contributed by atoms with Crippen LogP contribution in [0.25, 0.3) is 0 Å². The molecule has 1 aliphatic heterocycles. The number of allylic oxidation sites excluding steroid dienone is 1. The van der Waals surface area contributed by atoms with Crippen molar-refractivity contribution in [2.75, 3.05) is 4.90 Å². The van der Waals surface area contributed by atoms with Crippen molar-refractivity contribution in [1.29, 1.82) is 0 Å². The largest absolute Gasteiger partial charge is 0.438 e. The number of quaternary nitrogens is 1. The number of anilines is 2. The van der Waals surface area contributed by atoms with Crippen LogP contribution < -0.4 is 15.0 Å². The minimum absolute atomic E-state index is 0.0691. The molecular formula is C32H29N4O6+. The minimum atomic E-state index is -0.849. The highest BCUT2D eigenvalue weighted by Gasteiger charge is 2.36. The average Bonchev–Trinajstić information content (AvgIpc) is 3.34. The van der Waals surface area contributed by atoms with Gasteiger partial charge in [0.1, 0.15) is 17.2 Å². The van der Waals surface area contributed by atoms with Crippen LogP contribution in [0.3, 0.4) is 0 Å². The Morgan fingerprint density at radius 3 is 2.17 bits per heavy atom. The fraction of sp³-hybridized carbons (Fsp3) is 0.156. The van der Waals surface area contributed by atoms with Gasteiger partial charge in [0.2, 0.25) is 5.88 Å². The number of para-hydroxylation sites is 2. The topological polar surface area (TPSA) is 132 Å². The molecule has 1 heterocycles.